The molecule has 0 radical (unpaired) electrons. The summed E-state index contributed by atoms with van der Waals surface area (Å²) in [5.41, 5.74) is 8.28. The van der Waals surface area contributed by atoms with Gasteiger partial charge in [-0.15, -0.1) is 0 Å². The molecule has 6 N–H and O–H groups in total. The first-order valence-electron chi connectivity index (χ1n) is 26.6. The van der Waals surface area contributed by atoms with Crippen molar-refractivity contribution in [3.63, 3.8) is 0 Å². The monoisotopic (exact) mass is 1110 g/mol. The summed E-state index contributed by atoms with van der Waals surface area (Å²) in [6, 6.07) is 26.8. The zero-order valence-corrected chi connectivity index (χ0v) is 46.2. The molecule has 12 nitrogen and oxygen atoms in total. The molecule has 0 unspecified atom stereocenters. The van der Waals surface area contributed by atoms with Gasteiger partial charge in [-0.25, -0.2) is 15.0 Å². The molecular formula is C57H81ClF7N9O3. The SMILES string of the molecule is CO.COc1ccc(CN2CCC[C@@H](C)[C@H]2CN)cc1.COc1ccc(CN2CCC[C@@H](C)[C@H]2CNc2ccc(C)cn2)cc1.C[C@@H]1CCCN[C@@H]1CNc1ccc(C(F)(F)F)cn1.FC(F)(F)c1ccc(Cl)nc1.[2H]CF. The average molecular weight is 1110 g/mol. The first-order chi connectivity index (χ1) is 37.3. The van der Waals surface area contributed by atoms with Crippen molar-refractivity contribution in [1.82, 2.24) is 30.1 Å². The minimum Gasteiger partial charge on any atom is -0.497 e. The topological polar surface area (TPSA) is 146 Å². The highest BCUT2D eigenvalue weighted by atomic mass is 35.5. The Hall–Kier alpha value is -5.31. The molecule has 0 spiro atoms. The number of piperidine rings is 3. The van der Waals surface area contributed by atoms with Gasteiger partial charge in [0.25, 0.3) is 0 Å². The Morgan fingerprint density at radius 1 is 0.662 bits per heavy atom. The number of ether oxygens (including phenoxy) is 2. The number of rotatable bonds is 13. The molecular weight excluding hydrogens is 1030 g/mol. The number of halogens is 8. The predicted octanol–water partition coefficient (Wildman–Crippen LogP) is 12.2. The zero-order chi connectivity index (χ0) is 57.7. The average Bonchev–Trinajstić information content (AvgIpc) is 3.43. The van der Waals surface area contributed by atoms with Crippen LogP contribution in [0, 0.1) is 24.7 Å². The minimum absolute atomic E-state index is 0.0537. The number of nitrogens with zero attached hydrogens (tertiary/aromatic N) is 5. The van der Waals surface area contributed by atoms with Crippen molar-refractivity contribution in [3.05, 3.63) is 136 Å². The third kappa shape index (κ3) is 23.3. The molecule has 77 heavy (non-hydrogen) atoms. The van der Waals surface area contributed by atoms with E-state index in [1.54, 1.807) is 14.2 Å². The number of benzene rings is 2. The second-order valence-electron chi connectivity index (χ2n) is 19.2. The molecule has 3 aliphatic heterocycles. The Morgan fingerprint density at radius 2 is 1.12 bits per heavy atom. The van der Waals surface area contributed by atoms with Crippen molar-refractivity contribution in [2.75, 3.05) is 78.4 Å². The van der Waals surface area contributed by atoms with Gasteiger partial charge in [0.15, 0.2) is 0 Å². The number of hydrogen-bond acceptors (Lipinski definition) is 12. The maximum atomic E-state index is 12.4. The van der Waals surface area contributed by atoms with Gasteiger partial charge in [0, 0.05) is 76.5 Å². The number of nitrogens with two attached hydrogens (primary N) is 1. The van der Waals surface area contributed by atoms with Crippen LogP contribution in [-0.4, -0.2) is 116 Å². The van der Waals surface area contributed by atoms with E-state index < -0.39 is 30.6 Å². The summed E-state index contributed by atoms with van der Waals surface area (Å²) < 4.78 is 98.6. The lowest BCUT2D eigenvalue weighted by molar-refractivity contribution is -0.138. The van der Waals surface area contributed by atoms with Gasteiger partial charge < -0.3 is 36.3 Å². The molecule has 8 rings (SSSR count). The normalized spacial score (nSPS) is 20.7. The van der Waals surface area contributed by atoms with Crippen LogP contribution in [0.1, 0.15) is 88.5 Å². The van der Waals surface area contributed by atoms with Crippen LogP contribution in [0.25, 0.3) is 0 Å². The maximum absolute atomic E-state index is 12.4. The number of aryl methyl sites for hydroxylation is 1. The van der Waals surface area contributed by atoms with Gasteiger partial charge in [-0.05, 0) is 154 Å². The van der Waals surface area contributed by atoms with Gasteiger partial charge in [-0.2, -0.15) is 26.3 Å². The molecule has 6 atom stereocenters. The lowest BCUT2D eigenvalue weighted by Crippen LogP contribution is -2.47. The summed E-state index contributed by atoms with van der Waals surface area (Å²) in [5, 5.41) is 17.1. The molecule has 20 heteroatoms. The van der Waals surface area contributed by atoms with Gasteiger partial charge >= 0.3 is 12.4 Å². The smallest absolute Gasteiger partial charge is 0.417 e. The molecule has 3 saturated heterocycles. The van der Waals surface area contributed by atoms with E-state index in [-0.39, 0.29) is 5.15 Å². The van der Waals surface area contributed by atoms with Crippen LogP contribution in [0.4, 0.5) is 42.4 Å². The van der Waals surface area contributed by atoms with E-state index in [0.717, 1.165) is 94.6 Å². The van der Waals surface area contributed by atoms with Gasteiger partial charge in [0.1, 0.15) is 28.3 Å². The fourth-order valence-corrected chi connectivity index (χ4v) is 9.41. The molecule has 6 heterocycles. The quantitative estimate of drug-likeness (QED) is 0.0565. The van der Waals surface area contributed by atoms with E-state index in [4.69, 9.17) is 33.3 Å². The lowest BCUT2D eigenvalue weighted by atomic mass is 9.90. The second kappa shape index (κ2) is 34.5. The second-order valence-corrected chi connectivity index (χ2v) is 19.6. The van der Waals surface area contributed by atoms with Crippen LogP contribution in [-0.2, 0) is 25.4 Å². The number of anilines is 2. The highest BCUT2D eigenvalue weighted by molar-refractivity contribution is 6.29. The van der Waals surface area contributed by atoms with E-state index >= 15 is 0 Å². The first-order valence-corrected chi connectivity index (χ1v) is 26.3. The standard InChI is InChI=1S/C21H29N3O.C15H24N2O.C13H18F3N3.C6H3ClF3N.CH3F.CH4O/c1-16-6-11-21(22-13-16)23-14-20-17(2)5-4-12-24(20)15-18-7-9-19(25-3)10-8-18;1-12-4-3-9-17(15(12)10-16)11-13-5-7-14(18-2)8-6-13;1-9-3-2-6-17-11(9)8-19-12-5-4-10(7-18-12)13(14,15)16;7-5-2-1-4(3-11-5)6(8,9)10;2*1-2/h6-11,13,17,20H,4-5,12,14-15H2,1-3H3,(H,22,23);5-8,12,15H,3-4,9-11,16H2,1-2H3;4-5,7,9,11,17H,2-3,6,8H2,1H3,(H,18,19);1-3H;1H3;2H,1H3/t17-,20-;12-,15-;9-,11-;;;/m111.../s1/i;;;;1D;. The number of likely N-dealkylation sites (tertiary alicyclic amines) is 2. The van der Waals surface area contributed by atoms with Crippen LogP contribution in [0.2, 0.25) is 5.15 Å². The summed E-state index contributed by atoms with van der Waals surface area (Å²) >= 11 is 5.28. The van der Waals surface area contributed by atoms with Crippen LogP contribution in [0.15, 0.2) is 104 Å². The molecule has 0 bridgehead atoms. The number of pyridine rings is 3. The number of aromatic nitrogens is 3. The summed E-state index contributed by atoms with van der Waals surface area (Å²) in [4.78, 5) is 16.7. The number of methoxy groups -OCH3 is 2. The number of aliphatic hydroxyl groups is 1. The van der Waals surface area contributed by atoms with E-state index in [1.165, 1.54) is 61.3 Å². The Bertz CT molecular complexity index is 2350. The number of aliphatic hydroxyl groups excluding tert-OH is 1. The fraction of sp³-hybridized carbons (Fsp3) is 0.526. The first kappa shape index (κ1) is 64.2. The van der Waals surface area contributed by atoms with E-state index in [2.05, 4.69) is 105 Å². The molecule has 428 valence electrons. The Labute approximate surface area is 458 Å². The molecule has 0 amide bonds. The highest BCUT2D eigenvalue weighted by Crippen LogP contribution is 2.31. The van der Waals surface area contributed by atoms with Crippen LogP contribution < -0.4 is 31.2 Å². The van der Waals surface area contributed by atoms with Crippen molar-refractivity contribution >= 4 is 23.2 Å². The Kier molecular flexibility index (Phi) is 28.8. The third-order valence-electron chi connectivity index (χ3n) is 13.8. The summed E-state index contributed by atoms with van der Waals surface area (Å²) in [5.74, 6) is 5.24. The summed E-state index contributed by atoms with van der Waals surface area (Å²) in [7, 11) is 3.41. The van der Waals surface area contributed by atoms with Crippen LogP contribution in [0.3, 0.4) is 0 Å². The fourth-order valence-electron chi connectivity index (χ4n) is 9.30. The maximum Gasteiger partial charge on any atom is 0.417 e. The molecule has 0 aliphatic carbocycles. The van der Waals surface area contributed by atoms with Crippen molar-refractivity contribution in [2.24, 2.45) is 23.5 Å². The van der Waals surface area contributed by atoms with E-state index in [1.807, 2.05) is 30.5 Å². The zero-order valence-electron chi connectivity index (χ0n) is 46.5. The molecule has 3 aliphatic rings. The molecule has 2 aromatic carbocycles. The Balaban J connectivity index is 0.000000274. The predicted molar refractivity (Wildman–Crippen MR) is 295 cm³/mol. The van der Waals surface area contributed by atoms with Crippen molar-refractivity contribution in [1.29, 1.82) is 0 Å². The largest absolute Gasteiger partial charge is 0.497 e. The lowest BCUT2D eigenvalue weighted by Gasteiger charge is -2.40. The van der Waals surface area contributed by atoms with Crippen molar-refractivity contribution in [2.45, 2.75) is 110 Å². The number of hydrogen-bond donors (Lipinski definition) is 5. The van der Waals surface area contributed by atoms with E-state index in [0.29, 0.717) is 54.4 Å². The van der Waals surface area contributed by atoms with Crippen LogP contribution in [0.5, 0.6) is 11.5 Å². The third-order valence-corrected chi connectivity index (χ3v) is 14.0. The molecule has 3 aromatic heterocycles. The molecule has 3 fully saturated rings. The Morgan fingerprint density at radius 3 is 1.55 bits per heavy atom. The number of alkyl halides is 7. The summed E-state index contributed by atoms with van der Waals surface area (Å²) in [6.45, 7) is 16.6. The van der Waals surface area contributed by atoms with Crippen molar-refractivity contribution < 1.29 is 46.7 Å². The van der Waals surface area contributed by atoms with Gasteiger partial charge in [0.05, 0.1) is 33.9 Å². The minimum atomic E-state index is -4.34. The van der Waals surface area contributed by atoms with Gasteiger partial charge in [-0.1, -0.05) is 62.7 Å². The molecule has 0 saturated carbocycles. The molecule has 5 aromatic rings. The highest BCUT2D eigenvalue weighted by Gasteiger charge is 2.32. The van der Waals surface area contributed by atoms with E-state index in [9.17, 15) is 30.7 Å². The van der Waals surface area contributed by atoms with Crippen molar-refractivity contribution in [3.8, 4) is 11.5 Å². The summed E-state index contributed by atoms with van der Waals surface area (Å²) in [6.07, 6.45) is 2.33. The van der Waals surface area contributed by atoms with Crippen LogP contribution >= 0.6 is 11.6 Å². The van der Waals surface area contributed by atoms with Gasteiger partial charge in [0.2, 0.25) is 0 Å². The van der Waals surface area contributed by atoms with Gasteiger partial charge in [-0.3, -0.25) is 14.2 Å². The number of nitrogens with one attached hydrogen (secondary N) is 3.